The Balaban J connectivity index is 2.40. The van der Waals surface area contributed by atoms with Crippen LogP contribution in [0.3, 0.4) is 0 Å². The van der Waals surface area contributed by atoms with E-state index in [1.807, 2.05) is 6.92 Å². The summed E-state index contributed by atoms with van der Waals surface area (Å²) in [6.07, 6.45) is 0. The molecule has 0 spiro atoms. The third kappa shape index (κ3) is 4.08. The molecule has 0 saturated heterocycles. The molecule has 1 aromatic rings. The zero-order valence-corrected chi connectivity index (χ0v) is 9.83. The molecule has 5 heteroatoms. The second-order valence-electron chi connectivity index (χ2n) is 3.42. The van der Waals surface area contributed by atoms with Gasteiger partial charge in [0, 0.05) is 12.6 Å². The lowest BCUT2D eigenvalue weighted by atomic mass is 10.3. The lowest BCUT2D eigenvalue weighted by Gasteiger charge is -2.12. The molecule has 1 rings (SSSR count). The smallest absolute Gasteiger partial charge is 0.258 e. The molecule has 0 bridgehead atoms. The molecule has 0 aliphatic rings. The average Bonchev–Trinajstić information content (AvgIpc) is 2.28. The molecular weight excluding hydrogens is 228 g/mol. The zero-order chi connectivity index (χ0) is 12.0. The first kappa shape index (κ1) is 12.8. The molecule has 0 aliphatic carbocycles. The molecule has 1 atom stereocenters. The number of hydrogen-bond donors (Lipinski definition) is 2. The van der Waals surface area contributed by atoms with Crippen molar-refractivity contribution in [1.82, 2.24) is 5.32 Å². The van der Waals surface area contributed by atoms with Crippen LogP contribution in [0.4, 0.5) is 0 Å². The fourth-order valence-electron chi connectivity index (χ4n) is 1.08. The van der Waals surface area contributed by atoms with Gasteiger partial charge in [0.05, 0.1) is 5.02 Å². The molecule has 0 fully saturated rings. The van der Waals surface area contributed by atoms with E-state index in [0.29, 0.717) is 17.3 Å². The Morgan fingerprint density at radius 1 is 1.56 bits per heavy atom. The monoisotopic (exact) mass is 242 g/mol. The third-order valence-corrected chi connectivity index (χ3v) is 2.27. The molecule has 0 aliphatic heterocycles. The minimum atomic E-state index is -0.210. The number of benzene rings is 1. The van der Waals surface area contributed by atoms with Crippen molar-refractivity contribution in [1.29, 1.82) is 0 Å². The second kappa shape index (κ2) is 6.35. The molecule has 1 amide bonds. The van der Waals surface area contributed by atoms with E-state index in [4.69, 9.17) is 22.1 Å². The van der Waals surface area contributed by atoms with Crippen LogP contribution in [0.25, 0.3) is 0 Å². The topological polar surface area (TPSA) is 64.3 Å². The molecule has 1 unspecified atom stereocenters. The highest BCUT2D eigenvalue weighted by Gasteiger charge is 2.07. The Morgan fingerprint density at radius 2 is 2.25 bits per heavy atom. The molecule has 16 heavy (non-hydrogen) atoms. The van der Waals surface area contributed by atoms with Gasteiger partial charge in [-0.05, 0) is 19.1 Å². The number of halogens is 1. The van der Waals surface area contributed by atoms with Crippen molar-refractivity contribution >= 4 is 17.5 Å². The van der Waals surface area contributed by atoms with Gasteiger partial charge in [0.25, 0.3) is 5.91 Å². The van der Waals surface area contributed by atoms with E-state index >= 15 is 0 Å². The van der Waals surface area contributed by atoms with Gasteiger partial charge in [0.15, 0.2) is 6.61 Å². The summed E-state index contributed by atoms with van der Waals surface area (Å²) in [5.74, 6) is 0.289. The van der Waals surface area contributed by atoms with Crippen molar-refractivity contribution < 1.29 is 9.53 Å². The molecule has 3 N–H and O–H groups in total. The maximum atomic E-state index is 11.4. The van der Waals surface area contributed by atoms with Gasteiger partial charge >= 0.3 is 0 Å². The van der Waals surface area contributed by atoms with Gasteiger partial charge in [-0.3, -0.25) is 4.79 Å². The molecule has 0 heterocycles. The predicted octanol–water partition coefficient (Wildman–Crippen LogP) is 1.18. The fourth-order valence-corrected chi connectivity index (χ4v) is 1.27. The zero-order valence-electron chi connectivity index (χ0n) is 9.07. The molecule has 0 aromatic heterocycles. The molecule has 0 saturated carbocycles. The van der Waals surface area contributed by atoms with Crippen LogP contribution in [-0.4, -0.2) is 25.1 Å². The summed E-state index contributed by atoms with van der Waals surface area (Å²) >= 11 is 5.86. The Kier molecular flexibility index (Phi) is 5.08. The predicted molar refractivity (Wildman–Crippen MR) is 63.6 cm³/mol. The van der Waals surface area contributed by atoms with E-state index in [0.717, 1.165) is 0 Å². The summed E-state index contributed by atoms with van der Waals surface area (Å²) in [6, 6.07) is 6.95. The van der Waals surface area contributed by atoms with E-state index in [1.165, 1.54) is 0 Å². The van der Waals surface area contributed by atoms with Crippen molar-refractivity contribution in [3.05, 3.63) is 29.3 Å². The van der Waals surface area contributed by atoms with Gasteiger partial charge in [-0.25, -0.2) is 0 Å². The van der Waals surface area contributed by atoms with Gasteiger partial charge in [0.2, 0.25) is 0 Å². The van der Waals surface area contributed by atoms with Gasteiger partial charge in [-0.15, -0.1) is 0 Å². The SMILES string of the molecule is CC(CN)NC(=O)COc1ccccc1Cl. The maximum Gasteiger partial charge on any atom is 0.258 e. The van der Waals surface area contributed by atoms with Crippen molar-refractivity contribution in [2.75, 3.05) is 13.2 Å². The number of amides is 1. The van der Waals surface area contributed by atoms with E-state index in [9.17, 15) is 4.79 Å². The number of nitrogens with one attached hydrogen (secondary N) is 1. The van der Waals surface area contributed by atoms with Crippen LogP contribution >= 0.6 is 11.6 Å². The number of carbonyl (C=O) groups is 1. The number of nitrogens with two attached hydrogens (primary N) is 1. The first-order valence-electron chi connectivity index (χ1n) is 5.00. The molecular formula is C11H15ClN2O2. The lowest BCUT2D eigenvalue weighted by molar-refractivity contribution is -0.123. The number of hydrogen-bond acceptors (Lipinski definition) is 3. The number of para-hydroxylation sites is 1. The van der Waals surface area contributed by atoms with Crippen LogP contribution in [0.15, 0.2) is 24.3 Å². The maximum absolute atomic E-state index is 11.4. The number of ether oxygens (including phenoxy) is 1. The average molecular weight is 243 g/mol. The van der Waals surface area contributed by atoms with Crippen molar-refractivity contribution in [2.45, 2.75) is 13.0 Å². The highest BCUT2D eigenvalue weighted by Crippen LogP contribution is 2.22. The molecule has 88 valence electrons. The van der Waals surface area contributed by atoms with Crippen LogP contribution in [0.2, 0.25) is 5.02 Å². The summed E-state index contributed by atoms with van der Waals surface area (Å²) < 4.78 is 5.26. The lowest BCUT2D eigenvalue weighted by Crippen LogP contribution is -2.40. The minimum Gasteiger partial charge on any atom is -0.482 e. The quantitative estimate of drug-likeness (QED) is 0.815. The molecule has 0 radical (unpaired) electrons. The van der Waals surface area contributed by atoms with Gasteiger partial charge < -0.3 is 15.8 Å². The largest absolute Gasteiger partial charge is 0.482 e. The normalized spacial score (nSPS) is 11.9. The highest BCUT2D eigenvalue weighted by molar-refractivity contribution is 6.32. The van der Waals surface area contributed by atoms with Gasteiger partial charge in [0.1, 0.15) is 5.75 Å². The Morgan fingerprint density at radius 3 is 2.88 bits per heavy atom. The summed E-state index contributed by atoms with van der Waals surface area (Å²) in [6.45, 7) is 2.17. The van der Waals surface area contributed by atoms with E-state index < -0.39 is 0 Å². The van der Waals surface area contributed by atoms with E-state index in [2.05, 4.69) is 5.32 Å². The fraction of sp³-hybridized carbons (Fsp3) is 0.364. The van der Waals surface area contributed by atoms with Crippen LogP contribution in [-0.2, 0) is 4.79 Å². The minimum absolute atomic E-state index is 0.0534. The Bertz CT molecular complexity index is 358. The summed E-state index contributed by atoms with van der Waals surface area (Å²) in [7, 11) is 0. The molecule has 1 aromatic carbocycles. The number of rotatable bonds is 5. The number of carbonyl (C=O) groups excluding carboxylic acids is 1. The van der Waals surface area contributed by atoms with Crippen LogP contribution in [0.5, 0.6) is 5.75 Å². The third-order valence-electron chi connectivity index (χ3n) is 1.96. The van der Waals surface area contributed by atoms with Gasteiger partial charge in [-0.2, -0.15) is 0 Å². The van der Waals surface area contributed by atoms with Crippen LogP contribution < -0.4 is 15.8 Å². The first-order chi connectivity index (χ1) is 7.63. The second-order valence-corrected chi connectivity index (χ2v) is 3.83. The van der Waals surface area contributed by atoms with Gasteiger partial charge in [-0.1, -0.05) is 23.7 Å². The van der Waals surface area contributed by atoms with Crippen molar-refractivity contribution in [3.8, 4) is 5.75 Å². The van der Waals surface area contributed by atoms with Crippen molar-refractivity contribution in [3.63, 3.8) is 0 Å². The van der Waals surface area contributed by atoms with E-state index in [1.54, 1.807) is 24.3 Å². The van der Waals surface area contributed by atoms with Crippen LogP contribution in [0, 0.1) is 0 Å². The molecule has 4 nitrogen and oxygen atoms in total. The van der Waals surface area contributed by atoms with Crippen LogP contribution in [0.1, 0.15) is 6.92 Å². The standard InChI is InChI=1S/C11H15ClN2O2/c1-8(6-13)14-11(15)7-16-10-5-3-2-4-9(10)12/h2-5,8H,6-7,13H2,1H3,(H,14,15). The summed E-state index contributed by atoms with van der Waals surface area (Å²) in [5.41, 5.74) is 5.38. The summed E-state index contributed by atoms with van der Waals surface area (Å²) in [5, 5.41) is 3.18. The van der Waals surface area contributed by atoms with E-state index in [-0.39, 0.29) is 18.6 Å². The Labute approximate surface area is 99.7 Å². The summed E-state index contributed by atoms with van der Waals surface area (Å²) in [4.78, 5) is 11.4. The highest BCUT2D eigenvalue weighted by atomic mass is 35.5. The first-order valence-corrected chi connectivity index (χ1v) is 5.38. The Hall–Kier alpha value is -1.26. The van der Waals surface area contributed by atoms with Crippen molar-refractivity contribution in [2.24, 2.45) is 5.73 Å².